The van der Waals surface area contributed by atoms with Crippen molar-refractivity contribution in [3.63, 3.8) is 0 Å². The average molecular weight is 366 g/mol. The van der Waals surface area contributed by atoms with Crippen LogP contribution in [0.4, 0.5) is 0 Å². The summed E-state index contributed by atoms with van der Waals surface area (Å²) >= 11 is 0. The third-order valence-electron chi connectivity index (χ3n) is 8.19. The van der Waals surface area contributed by atoms with Gasteiger partial charge in [-0.25, -0.2) is 9.78 Å². The second kappa shape index (κ2) is 6.15. The fraction of sp³-hybridized carbons (Fsp3) is 1.00. The van der Waals surface area contributed by atoms with Gasteiger partial charge in [-0.1, -0.05) is 27.2 Å². The van der Waals surface area contributed by atoms with Crippen LogP contribution in [0.1, 0.15) is 72.6 Å². The van der Waals surface area contributed by atoms with Crippen molar-refractivity contribution in [3.8, 4) is 0 Å². The molecule has 1 spiro atoms. The second-order valence-electron chi connectivity index (χ2n) is 9.86. The quantitative estimate of drug-likeness (QED) is 0.678. The van der Waals surface area contributed by atoms with E-state index in [9.17, 15) is 0 Å². The maximum atomic E-state index is 6.52. The van der Waals surface area contributed by atoms with Gasteiger partial charge in [-0.3, -0.25) is 0 Å². The minimum absolute atomic E-state index is 0.207. The van der Waals surface area contributed by atoms with Gasteiger partial charge >= 0.3 is 0 Å². The molecule has 2 saturated carbocycles. The van der Waals surface area contributed by atoms with E-state index in [1.54, 1.807) is 0 Å². The predicted octanol–water partition coefficient (Wildman–Crippen LogP) is 4.40. The summed E-state index contributed by atoms with van der Waals surface area (Å²) < 4.78 is 19.4. The Hall–Kier alpha value is -0.200. The fourth-order valence-electron chi connectivity index (χ4n) is 6.51. The first-order valence-electron chi connectivity index (χ1n) is 10.8. The largest absolute Gasteiger partial charge is 0.349 e. The van der Waals surface area contributed by atoms with Gasteiger partial charge in [0.05, 0.1) is 6.10 Å². The van der Waals surface area contributed by atoms with Gasteiger partial charge < -0.3 is 14.2 Å². The zero-order valence-electron chi connectivity index (χ0n) is 16.6. The zero-order valence-corrected chi connectivity index (χ0v) is 16.6. The number of rotatable bonds is 2. The smallest absolute Gasteiger partial charge is 0.201 e. The summed E-state index contributed by atoms with van der Waals surface area (Å²) in [5, 5.41) is 0. The summed E-state index contributed by atoms with van der Waals surface area (Å²) in [6.07, 6.45) is 7.67. The van der Waals surface area contributed by atoms with Crippen molar-refractivity contribution in [1.82, 2.24) is 0 Å². The summed E-state index contributed by atoms with van der Waals surface area (Å²) in [6.45, 7) is 8.90. The number of ether oxygens (including phenoxy) is 3. The lowest BCUT2D eigenvalue weighted by molar-refractivity contribution is -0.578. The molecule has 10 atom stereocenters. The van der Waals surface area contributed by atoms with Gasteiger partial charge in [-0.2, -0.15) is 0 Å². The lowest BCUT2D eigenvalue weighted by atomic mass is 9.58. The molecule has 0 N–H and O–H groups in total. The third kappa shape index (κ3) is 2.47. The Kier molecular flexibility index (Phi) is 4.23. The Morgan fingerprint density at radius 3 is 2.50 bits per heavy atom. The summed E-state index contributed by atoms with van der Waals surface area (Å²) in [5.41, 5.74) is -0.478. The Bertz CT molecular complexity index is 555. The molecular weight excluding hydrogens is 332 g/mol. The molecule has 0 radical (unpaired) electrons. The topological polar surface area (TPSA) is 46.2 Å². The highest BCUT2D eigenvalue weighted by molar-refractivity contribution is 5.09. The van der Waals surface area contributed by atoms with Crippen molar-refractivity contribution in [2.45, 2.75) is 103 Å². The van der Waals surface area contributed by atoms with Crippen LogP contribution >= 0.6 is 0 Å². The average Bonchev–Trinajstić information content (AvgIpc) is 2.87. The highest BCUT2D eigenvalue weighted by atomic mass is 17.3. The number of fused-ring (bicyclic) bond motifs is 2. The molecule has 6 fully saturated rings. The minimum atomic E-state index is -0.705. The summed E-state index contributed by atoms with van der Waals surface area (Å²) in [7, 11) is 0. The van der Waals surface area contributed by atoms with Crippen LogP contribution < -0.4 is 0 Å². The molecule has 5 nitrogen and oxygen atoms in total. The van der Waals surface area contributed by atoms with Gasteiger partial charge in [-0.15, -0.1) is 0 Å². The monoisotopic (exact) mass is 366 g/mol. The second-order valence-corrected chi connectivity index (χ2v) is 9.86. The summed E-state index contributed by atoms with van der Waals surface area (Å²) in [4.78, 5) is 12.1. The van der Waals surface area contributed by atoms with E-state index in [2.05, 4.69) is 20.8 Å². The zero-order chi connectivity index (χ0) is 18.1. The molecule has 26 heavy (non-hydrogen) atoms. The molecule has 5 unspecified atom stereocenters. The molecule has 0 aromatic rings. The van der Waals surface area contributed by atoms with E-state index >= 15 is 0 Å². The summed E-state index contributed by atoms with van der Waals surface area (Å²) in [6, 6.07) is 0. The van der Waals surface area contributed by atoms with Crippen molar-refractivity contribution in [2.24, 2.45) is 29.6 Å². The molecular formula is C21H34O5. The molecule has 2 bridgehead atoms. The van der Waals surface area contributed by atoms with Crippen molar-refractivity contribution >= 4 is 0 Å². The van der Waals surface area contributed by atoms with Crippen molar-refractivity contribution in [2.75, 3.05) is 0 Å². The Morgan fingerprint density at radius 1 is 0.885 bits per heavy atom. The van der Waals surface area contributed by atoms with E-state index in [0.717, 1.165) is 25.7 Å². The maximum Gasteiger partial charge on any atom is 0.201 e. The first-order valence-corrected chi connectivity index (χ1v) is 10.8. The van der Waals surface area contributed by atoms with Crippen LogP contribution in [0.5, 0.6) is 0 Å². The molecule has 5 heteroatoms. The molecule has 4 aliphatic heterocycles. The van der Waals surface area contributed by atoms with E-state index in [1.807, 2.05) is 6.92 Å². The maximum absolute atomic E-state index is 6.52. The van der Waals surface area contributed by atoms with Gasteiger partial charge in [0.25, 0.3) is 0 Å². The summed E-state index contributed by atoms with van der Waals surface area (Å²) in [5.74, 6) is 1.57. The minimum Gasteiger partial charge on any atom is -0.349 e. The molecule has 2 aliphatic carbocycles. The van der Waals surface area contributed by atoms with E-state index in [4.69, 9.17) is 24.0 Å². The fourth-order valence-corrected chi connectivity index (χ4v) is 6.51. The van der Waals surface area contributed by atoms with E-state index in [0.29, 0.717) is 29.8 Å². The molecule has 0 amide bonds. The van der Waals surface area contributed by atoms with Gasteiger partial charge in [0, 0.05) is 18.3 Å². The first-order chi connectivity index (χ1) is 12.4. The lowest BCUT2D eigenvalue weighted by Gasteiger charge is -2.60. The SMILES string of the molecule is CC1CCCC1OC1O[C@@H]2O[C@@]3(C)CCC4[C@H](C)CCC([C@H]1C)[C@]42OO3. The standard InChI is InChI=1S/C21H34O5/c1-12-8-9-16-14(3)18(22-17-7-5-6-13(17)2)23-19-21(16)15(12)10-11-20(4,24-19)25-26-21/h12-19H,5-11H2,1-4H3/t12-,13?,14-,15?,16?,17?,18?,19-,20-,21-/m1/s1. The molecule has 6 rings (SSSR count). The van der Waals surface area contributed by atoms with Crippen LogP contribution in [0, 0.1) is 29.6 Å². The van der Waals surface area contributed by atoms with E-state index < -0.39 is 11.4 Å². The Labute approximate surface area is 157 Å². The Balaban J connectivity index is 1.47. The van der Waals surface area contributed by atoms with E-state index in [1.165, 1.54) is 19.3 Å². The van der Waals surface area contributed by atoms with E-state index in [-0.39, 0.29) is 18.5 Å². The molecule has 4 saturated heterocycles. The van der Waals surface area contributed by atoms with Crippen LogP contribution in [-0.4, -0.2) is 30.1 Å². The van der Waals surface area contributed by atoms with Gasteiger partial charge in [0.1, 0.15) is 0 Å². The van der Waals surface area contributed by atoms with Crippen LogP contribution in [-0.2, 0) is 24.0 Å². The van der Waals surface area contributed by atoms with Crippen LogP contribution in [0.2, 0.25) is 0 Å². The highest BCUT2D eigenvalue weighted by Crippen LogP contribution is 2.60. The van der Waals surface area contributed by atoms with Crippen LogP contribution in [0.3, 0.4) is 0 Å². The molecule has 0 aromatic carbocycles. The van der Waals surface area contributed by atoms with Gasteiger partial charge in [0.2, 0.25) is 5.79 Å². The molecule has 0 aromatic heterocycles. The van der Waals surface area contributed by atoms with Crippen molar-refractivity contribution in [1.29, 1.82) is 0 Å². The van der Waals surface area contributed by atoms with Crippen LogP contribution in [0.25, 0.3) is 0 Å². The first kappa shape index (κ1) is 17.9. The molecule has 6 aliphatic rings. The van der Waals surface area contributed by atoms with Crippen molar-refractivity contribution < 1.29 is 24.0 Å². The third-order valence-corrected chi connectivity index (χ3v) is 8.19. The Morgan fingerprint density at radius 2 is 1.73 bits per heavy atom. The molecule has 4 heterocycles. The number of hydrogen-bond acceptors (Lipinski definition) is 5. The van der Waals surface area contributed by atoms with Crippen LogP contribution in [0.15, 0.2) is 0 Å². The normalized spacial score (nSPS) is 59.1. The molecule has 148 valence electrons. The van der Waals surface area contributed by atoms with Crippen molar-refractivity contribution in [3.05, 3.63) is 0 Å². The van der Waals surface area contributed by atoms with Gasteiger partial charge in [-0.05, 0) is 56.8 Å². The highest BCUT2D eigenvalue weighted by Gasteiger charge is 2.69. The lowest BCUT2D eigenvalue weighted by Crippen LogP contribution is -2.70. The predicted molar refractivity (Wildman–Crippen MR) is 94.7 cm³/mol. The van der Waals surface area contributed by atoms with Gasteiger partial charge in [0.15, 0.2) is 18.2 Å². The number of hydrogen-bond donors (Lipinski definition) is 0.